The predicted molar refractivity (Wildman–Crippen MR) is 72.4 cm³/mol. The zero-order valence-corrected chi connectivity index (χ0v) is 12.5. The van der Waals surface area contributed by atoms with E-state index in [-0.39, 0.29) is 16.6 Å². The topological polar surface area (TPSA) is 61.3 Å². The van der Waals surface area contributed by atoms with E-state index >= 15 is 0 Å². The van der Waals surface area contributed by atoms with Crippen LogP contribution in [0.25, 0.3) is 0 Å². The van der Waals surface area contributed by atoms with Gasteiger partial charge in [-0.15, -0.1) is 0 Å². The zero-order chi connectivity index (χ0) is 14.5. The minimum Gasteiger partial charge on any atom is -0.461 e. The SMILES string of the molecule is CCOC(=O)c1nc(Cl)ncc1CCC(C)(C)OC. The van der Waals surface area contributed by atoms with E-state index in [1.165, 1.54) is 0 Å². The number of esters is 1. The van der Waals surface area contributed by atoms with Gasteiger partial charge in [-0.1, -0.05) is 0 Å². The van der Waals surface area contributed by atoms with Gasteiger partial charge in [0.25, 0.3) is 0 Å². The van der Waals surface area contributed by atoms with Gasteiger partial charge in [0, 0.05) is 18.9 Å². The van der Waals surface area contributed by atoms with Crippen molar-refractivity contribution in [1.29, 1.82) is 0 Å². The third-order valence-electron chi connectivity index (χ3n) is 2.85. The van der Waals surface area contributed by atoms with E-state index < -0.39 is 5.97 Å². The van der Waals surface area contributed by atoms with Crippen LogP contribution in [0, 0.1) is 0 Å². The van der Waals surface area contributed by atoms with Gasteiger partial charge in [0.1, 0.15) is 0 Å². The molecule has 0 aliphatic rings. The fraction of sp³-hybridized carbons (Fsp3) is 0.615. The van der Waals surface area contributed by atoms with Crippen molar-refractivity contribution in [1.82, 2.24) is 9.97 Å². The number of aryl methyl sites for hydroxylation is 1. The number of methoxy groups -OCH3 is 1. The molecule has 0 saturated carbocycles. The molecule has 0 aliphatic heterocycles. The van der Waals surface area contributed by atoms with Gasteiger partial charge in [-0.25, -0.2) is 14.8 Å². The first-order valence-electron chi connectivity index (χ1n) is 6.13. The molecule has 1 rings (SSSR count). The van der Waals surface area contributed by atoms with E-state index in [1.807, 2.05) is 13.8 Å². The molecular weight excluding hydrogens is 268 g/mol. The summed E-state index contributed by atoms with van der Waals surface area (Å²) in [4.78, 5) is 19.7. The molecule has 0 radical (unpaired) electrons. The van der Waals surface area contributed by atoms with Gasteiger partial charge in [0.05, 0.1) is 12.2 Å². The van der Waals surface area contributed by atoms with Crippen LogP contribution in [0.2, 0.25) is 5.28 Å². The third-order valence-corrected chi connectivity index (χ3v) is 3.04. The van der Waals surface area contributed by atoms with E-state index in [9.17, 15) is 4.79 Å². The minimum absolute atomic E-state index is 0.0396. The van der Waals surface area contributed by atoms with Crippen LogP contribution in [0.4, 0.5) is 0 Å². The van der Waals surface area contributed by atoms with Crippen LogP contribution in [0.3, 0.4) is 0 Å². The average molecular weight is 287 g/mol. The van der Waals surface area contributed by atoms with Crippen molar-refractivity contribution < 1.29 is 14.3 Å². The largest absolute Gasteiger partial charge is 0.461 e. The number of ether oxygens (including phenoxy) is 2. The highest BCUT2D eigenvalue weighted by atomic mass is 35.5. The molecular formula is C13H19ClN2O3. The number of halogens is 1. The minimum atomic E-state index is -0.475. The summed E-state index contributed by atoms with van der Waals surface area (Å²) in [5, 5.41) is 0.0396. The van der Waals surface area contributed by atoms with Crippen LogP contribution < -0.4 is 0 Å². The molecule has 0 N–H and O–H groups in total. The second kappa shape index (κ2) is 6.82. The van der Waals surface area contributed by atoms with E-state index in [2.05, 4.69) is 9.97 Å². The first-order valence-corrected chi connectivity index (χ1v) is 6.51. The van der Waals surface area contributed by atoms with Crippen molar-refractivity contribution in [2.24, 2.45) is 0 Å². The molecule has 0 aliphatic carbocycles. The molecule has 19 heavy (non-hydrogen) atoms. The van der Waals surface area contributed by atoms with Gasteiger partial charge in [0.15, 0.2) is 5.69 Å². The van der Waals surface area contributed by atoms with Gasteiger partial charge in [-0.05, 0) is 45.2 Å². The number of carbonyl (C=O) groups excluding carboxylic acids is 1. The molecule has 5 nitrogen and oxygen atoms in total. The molecule has 0 fully saturated rings. The Balaban J connectivity index is 2.91. The highest BCUT2D eigenvalue weighted by Gasteiger charge is 2.20. The number of nitrogens with zero attached hydrogens (tertiary/aromatic N) is 2. The summed E-state index contributed by atoms with van der Waals surface area (Å²) in [6, 6.07) is 0. The number of hydrogen-bond donors (Lipinski definition) is 0. The van der Waals surface area contributed by atoms with Crippen LogP contribution in [0.15, 0.2) is 6.20 Å². The van der Waals surface area contributed by atoms with Crippen LogP contribution in [0.5, 0.6) is 0 Å². The number of carbonyl (C=O) groups is 1. The van der Waals surface area contributed by atoms with Crippen LogP contribution in [-0.2, 0) is 15.9 Å². The molecule has 0 aromatic carbocycles. The number of rotatable bonds is 6. The summed E-state index contributed by atoms with van der Waals surface area (Å²) < 4.78 is 10.3. The van der Waals surface area contributed by atoms with Gasteiger partial charge in [-0.3, -0.25) is 0 Å². The Morgan fingerprint density at radius 3 is 2.74 bits per heavy atom. The maximum absolute atomic E-state index is 11.8. The van der Waals surface area contributed by atoms with Crippen LogP contribution in [0.1, 0.15) is 43.2 Å². The quantitative estimate of drug-likeness (QED) is 0.594. The van der Waals surface area contributed by atoms with E-state index in [0.717, 1.165) is 6.42 Å². The van der Waals surface area contributed by atoms with Crippen molar-refractivity contribution in [3.63, 3.8) is 0 Å². The Hall–Kier alpha value is -1.20. The van der Waals surface area contributed by atoms with Crippen molar-refractivity contribution >= 4 is 17.6 Å². The fourth-order valence-corrected chi connectivity index (χ4v) is 1.62. The van der Waals surface area contributed by atoms with E-state index in [1.54, 1.807) is 20.2 Å². The Labute approximate surface area is 118 Å². The summed E-state index contributed by atoms with van der Waals surface area (Å²) in [7, 11) is 1.66. The maximum Gasteiger partial charge on any atom is 0.357 e. The molecule has 6 heteroatoms. The lowest BCUT2D eigenvalue weighted by Gasteiger charge is -2.22. The standard InChI is InChI=1S/C13H19ClN2O3/c1-5-19-11(17)10-9(8-15-12(14)16-10)6-7-13(2,3)18-4/h8H,5-7H2,1-4H3. The van der Waals surface area contributed by atoms with Gasteiger partial charge < -0.3 is 9.47 Å². The number of hydrogen-bond acceptors (Lipinski definition) is 5. The lowest BCUT2D eigenvalue weighted by molar-refractivity contribution is 0.0155. The Kier molecular flexibility index (Phi) is 5.69. The Morgan fingerprint density at radius 2 is 2.16 bits per heavy atom. The second-order valence-electron chi connectivity index (χ2n) is 4.70. The predicted octanol–water partition coefficient (Wildman–Crippen LogP) is 2.66. The molecule has 1 aromatic heterocycles. The van der Waals surface area contributed by atoms with Crippen molar-refractivity contribution in [2.45, 2.75) is 39.2 Å². The molecule has 0 unspecified atom stereocenters. The summed E-state index contributed by atoms with van der Waals surface area (Å²) in [5.41, 5.74) is 0.674. The van der Waals surface area contributed by atoms with Crippen LogP contribution in [-0.4, -0.2) is 35.3 Å². The molecule has 1 aromatic rings. The average Bonchev–Trinajstić information content (AvgIpc) is 2.37. The molecule has 1 heterocycles. The summed E-state index contributed by atoms with van der Waals surface area (Å²) >= 11 is 5.72. The Morgan fingerprint density at radius 1 is 1.47 bits per heavy atom. The number of aromatic nitrogens is 2. The fourth-order valence-electron chi connectivity index (χ4n) is 1.48. The lowest BCUT2D eigenvalue weighted by atomic mass is 9.98. The van der Waals surface area contributed by atoms with Crippen molar-refractivity contribution in [2.75, 3.05) is 13.7 Å². The maximum atomic E-state index is 11.8. The summed E-state index contributed by atoms with van der Waals surface area (Å²) in [6.07, 6.45) is 2.92. The van der Waals surface area contributed by atoms with Crippen molar-refractivity contribution in [3.8, 4) is 0 Å². The molecule has 0 amide bonds. The highest BCUT2D eigenvalue weighted by molar-refractivity contribution is 6.28. The summed E-state index contributed by atoms with van der Waals surface area (Å²) in [6.45, 7) is 6.00. The normalized spacial score (nSPS) is 11.4. The van der Waals surface area contributed by atoms with Gasteiger partial charge in [0.2, 0.25) is 5.28 Å². The van der Waals surface area contributed by atoms with Gasteiger partial charge >= 0.3 is 5.97 Å². The van der Waals surface area contributed by atoms with Crippen molar-refractivity contribution in [3.05, 3.63) is 22.7 Å². The molecule has 0 spiro atoms. The monoisotopic (exact) mass is 286 g/mol. The lowest BCUT2D eigenvalue weighted by Crippen LogP contribution is -2.24. The molecule has 0 atom stereocenters. The summed E-state index contributed by atoms with van der Waals surface area (Å²) in [5.74, 6) is -0.475. The highest BCUT2D eigenvalue weighted by Crippen LogP contribution is 2.19. The smallest absolute Gasteiger partial charge is 0.357 e. The second-order valence-corrected chi connectivity index (χ2v) is 5.04. The van der Waals surface area contributed by atoms with E-state index in [0.29, 0.717) is 18.6 Å². The Bertz CT molecular complexity index is 450. The first-order chi connectivity index (χ1) is 8.89. The van der Waals surface area contributed by atoms with E-state index in [4.69, 9.17) is 21.1 Å². The zero-order valence-electron chi connectivity index (χ0n) is 11.7. The third kappa shape index (κ3) is 4.76. The molecule has 0 bridgehead atoms. The molecule has 0 saturated heterocycles. The first kappa shape index (κ1) is 15.9. The molecule has 106 valence electrons. The van der Waals surface area contributed by atoms with Crippen LogP contribution >= 0.6 is 11.6 Å². The van der Waals surface area contributed by atoms with Gasteiger partial charge in [-0.2, -0.15) is 0 Å².